The van der Waals surface area contributed by atoms with E-state index in [4.69, 9.17) is 5.11 Å². The molecule has 0 saturated carbocycles. The van der Waals surface area contributed by atoms with E-state index in [1.54, 1.807) is 0 Å². The van der Waals surface area contributed by atoms with Gasteiger partial charge in [-0.1, -0.05) is 37.3 Å². The molecule has 0 aliphatic carbocycles. The van der Waals surface area contributed by atoms with Crippen LogP contribution in [-0.4, -0.2) is 22.9 Å². The molecule has 0 bridgehead atoms. The maximum absolute atomic E-state index is 9.80. The lowest BCUT2D eigenvalue weighted by Crippen LogP contribution is -2.20. The van der Waals surface area contributed by atoms with E-state index in [1.807, 2.05) is 18.2 Å². The van der Waals surface area contributed by atoms with E-state index in [0.29, 0.717) is 12.8 Å². The predicted molar refractivity (Wildman–Crippen MR) is 61.6 cm³/mol. The van der Waals surface area contributed by atoms with Gasteiger partial charge < -0.3 is 10.2 Å². The van der Waals surface area contributed by atoms with E-state index in [1.165, 1.54) is 5.56 Å². The van der Waals surface area contributed by atoms with Gasteiger partial charge in [0.1, 0.15) is 0 Å². The SMILES string of the molecule is C[C@H](Cc1ccccc1)C(O)CCCO. The summed E-state index contributed by atoms with van der Waals surface area (Å²) in [6.07, 6.45) is 1.95. The number of hydrogen-bond donors (Lipinski definition) is 2. The lowest BCUT2D eigenvalue weighted by molar-refractivity contribution is 0.0982. The Kier molecular flexibility index (Phi) is 5.37. The third kappa shape index (κ3) is 4.45. The van der Waals surface area contributed by atoms with Crippen molar-refractivity contribution < 1.29 is 10.2 Å². The molecule has 0 aliphatic heterocycles. The molecular weight excluding hydrogens is 188 g/mol. The topological polar surface area (TPSA) is 40.5 Å². The normalized spacial score (nSPS) is 14.9. The minimum atomic E-state index is -0.308. The molecule has 0 radical (unpaired) electrons. The molecule has 2 nitrogen and oxygen atoms in total. The first-order chi connectivity index (χ1) is 7.24. The van der Waals surface area contributed by atoms with Crippen LogP contribution in [0.1, 0.15) is 25.3 Å². The summed E-state index contributed by atoms with van der Waals surface area (Å²) in [5.41, 5.74) is 1.26. The molecule has 0 fully saturated rings. The highest BCUT2D eigenvalue weighted by molar-refractivity contribution is 5.15. The zero-order chi connectivity index (χ0) is 11.1. The first kappa shape index (κ1) is 12.2. The van der Waals surface area contributed by atoms with Gasteiger partial charge in [-0.3, -0.25) is 0 Å². The van der Waals surface area contributed by atoms with Crippen LogP contribution in [0.2, 0.25) is 0 Å². The van der Waals surface area contributed by atoms with E-state index in [-0.39, 0.29) is 18.6 Å². The standard InChI is InChI=1S/C13H20O2/c1-11(13(15)8-5-9-14)10-12-6-3-2-4-7-12/h2-4,6-7,11,13-15H,5,8-10H2,1H3/t11-,13?/m1/s1. The van der Waals surface area contributed by atoms with Gasteiger partial charge in [-0.2, -0.15) is 0 Å². The Labute approximate surface area is 91.6 Å². The Morgan fingerprint density at radius 1 is 1.20 bits per heavy atom. The summed E-state index contributed by atoms with van der Waals surface area (Å²) in [5, 5.41) is 18.5. The van der Waals surface area contributed by atoms with E-state index < -0.39 is 0 Å². The molecule has 15 heavy (non-hydrogen) atoms. The fraction of sp³-hybridized carbons (Fsp3) is 0.538. The Hall–Kier alpha value is -0.860. The van der Waals surface area contributed by atoms with Crippen LogP contribution >= 0.6 is 0 Å². The number of aliphatic hydroxyl groups excluding tert-OH is 2. The Bertz CT molecular complexity index is 258. The first-order valence-electron chi connectivity index (χ1n) is 5.57. The largest absolute Gasteiger partial charge is 0.396 e. The smallest absolute Gasteiger partial charge is 0.0569 e. The molecule has 0 saturated heterocycles. The van der Waals surface area contributed by atoms with Crippen LogP contribution in [-0.2, 0) is 6.42 Å². The van der Waals surface area contributed by atoms with Crippen LogP contribution in [0.3, 0.4) is 0 Å². The van der Waals surface area contributed by atoms with Crippen molar-refractivity contribution in [3.05, 3.63) is 35.9 Å². The Morgan fingerprint density at radius 3 is 2.47 bits per heavy atom. The molecule has 1 aromatic carbocycles. The molecular formula is C13H20O2. The summed E-state index contributed by atoms with van der Waals surface area (Å²) >= 11 is 0. The number of aliphatic hydroxyl groups is 2. The summed E-state index contributed by atoms with van der Waals surface area (Å²) in [6, 6.07) is 10.2. The third-order valence-corrected chi connectivity index (χ3v) is 2.72. The van der Waals surface area contributed by atoms with Crippen LogP contribution in [0.15, 0.2) is 30.3 Å². The van der Waals surface area contributed by atoms with Crippen molar-refractivity contribution in [2.24, 2.45) is 5.92 Å². The van der Waals surface area contributed by atoms with Crippen molar-refractivity contribution in [1.82, 2.24) is 0 Å². The molecule has 1 unspecified atom stereocenters. The van der Waals surface area contributed by atoms with E-state index in [2.05, 4.69) is 19.1 Å². The van der Waals surface area contributed by atoms with Gasteiger partial charge in [-0.15, -0.1) is 0 Å². The minimum Gasteiger partial charge on any atom is -0.396 e. The van der Waals surface area contributed by atoms with Gasteiger partial charge in [-0.05, 0) is 30.7 Å². The van der Waals surface area contributed by atoms with E-state index in [0.717, 1.165) is 6.42 Å². The van der Waals surface area contributed by atoms with E-state index >= 15 is 0 Å². The first-order valence-corrected chi connectivity index (χ1v) is 5.57. The molecule has 1 rings (SSSR count). The quantitative estimate of drug-likeness (QED) is 0.750. The van der Waals surface area contributed by atoms with Crippen molar-refractivity contribution in [1.29, 1.82) is 0 Å². The average molecular weight is 208 g/mol. The number of hydrogen-bond acceptors (Lipinski definition) is 2. The van der Waals surface area contributed by atoms with Crippen LogP contribution in [0.5, 0.6) is 0 Å². The van der Waals surface area contributed by atoms with Gasteiger partial charge in [0, 0.05) is 6.61 Å². The summed E-state index contributed by atoms with van der Waals surface area (Å²) < 4.78 is 0. The second kappa shape index (κ2) is 6.59. The Balaban J connectivity index is 2.38. The van der Waals surface area contributed by atoms with Gasteiger partial charge in [-0.25, -0.2) is 0 Å². The van der Waals surface area contributed by atoms with Gasteiger partial charge in [0.05, 0.1) is 6.10 Å². The van der Waals surface area contributed by atoms with Crippen LogP contribution in [0.25, 0.3) is 0 Å². The molecule has 2 heteroatoms. The molecule has 1 aromatic rings. The van der Waals surface area contributed by atoms with Crippen molar-refractivity contribution >= 4 is 0 Å². The van der Waals surface area contributed by atoms with Gasteiger partial charge in [0.25, 0.3) is 0 Å². The maximum atomic E-state index is 9.80. The minimum absolute atomic E-state index is 0.162. The molecule has 0 aromatic heterocycles. The van der Waals surface area contributed by atoms with Crippen LogP contribution in [0.4, 0.5) is 0 Å². The lowest BCUT2D eigenvalue weighted by atomic mass is 9.93. The number of benzene rings is 1. The fourth-order valence-corrected chi connectivity index (χ4v) is 1.71. The molecule has 2 N–H and O–H groups in total. The summed E-state index contributed by atoms with van der Waals surface area (Å²) in [7, 11) is 0. The molecule has 0 heterocycles. The highest BCUT2D eigenvalue weighted by Crippen LogP contribution is 2.15. The van der Waals surface area contributed by atoms with E-state index in [9.17, 15) is 5.11 Å². The van der Waals surface area contributed by atoms with Gasteiger partial charge >= 0.3 is 0 Å². The molecule has 0 spiro atoms. The lowest BCUT2D eigenvalue weighted by Gasteiger charge is -2.18. The monoisotopic (exact) mass is 208 g/mol. The highest BCUT2D eigenvalue weighted by atomic mass is 16.3. The van der Waals surface area contributed by atoms with Gasteiger partial charge in [0.2, 0.25) is 0 Å². The fourth-order valence-electron chi connectivity index (χ4n) is 1.71. The third-order valence-electron chi connectivity index (χ3n) is 2.72. The second-order valence-corrected chi connectivity index (χ2v) is 4.10. The highest BCUT2D eigenvalue weighted by Gasteiger charge is 2.13. The molecule has 2 atom stereocenters. The van der Waals surface area contributed by atoms with Crippen molar-refractivity contribution in [3.8, 4) is 0 Å². The summed E-state index contributed by atoms with van der Waals surface area (Å²) in [5.74, 6) is 0.249. The predicted octanol–water partition coefficient (Wildman–Crippen LogP) is 2.00. The summed E-state index contributed by atoms with van der Waals surface area (Å²) in [4.78, 5) is 0. The molecule has 84 valence electrons. The van der Waals surface area contributed by atoms with Crippen molar-refractivity contribution in [3.63, 3.8) is 0 Å². The zero-order valence-electron chi connectivity index (χ0n) is 9.26. The molecule has 0 aliphatic rings. The van der Waals surface area contributed by atoms with Crippen LogP contribution in [0, 0.1) is 5.92 Å². The second-order valence-electron chi connectivity index (χ2n) is 4.10. The maximum Gasteiger partial charge on any atom is 0.0569 e. The summed E-state index contributed by atoms with van der Waals surface area (Å²) in [6.45, 7) is 2.21. The van der Waals surface area contributed by atoms with Crippen molar-refractivity contribution in [2.45, 2.75) is 32.3 Å². The zero-order valence-corrected chi connectivity index (χ0v) is 9.26. The number of rotatable bonds is 6. The van der Waals surface area contributed by atoms with Gasteiger partial charge in [0.15, 0.2) is 0 Å². The Morgan fingerprint density at radius 2 is 1.87 bits per heavy atom. The molecule has 0 amide bonds. The van der Waals surface area contributed by atoms with Crippen molar-refractivity contribution in [2.75, 3.05) is 6.61 Å². The average Bonchev–Trinajstić information content (AvgIpc) is 2.27. The van der Waals surface area contributed by atoms with Crippen LogP contribution < -0.4 is 0 Å².